The highest BCUT2D eigenvalue weighted by Crippen LogP contribution is 2.37. The Morgan fingerprint density at radius 1 is 1.17 bits per heavy atom. The number of hydrogen-bond donors (Lipinski definition) is 0. The molecule has 1 aliphatic heterocycles. The van der Waals surface area contributed by atoms with E-state index in [1.54, 1.807) is 0 Å². The highest BCUT2D eigenvalue weighted by atomic mass is 35.5. The van der Waals surface area contributed by atoms with E-state index in [-0.39, 0.29) is 18.5 Å². The number of benzene rings is 2. The first-order chi connectivity index (χ1) is 11.1. The van der Waals surface area contributed by atoms with E-state index in [0.717, 1.165) is 51.7 Å². The van der Waals surface area contributed by atoms with Gasteiger partial charge in [-0.1, -0.05) is 35.9 Å². The van der Waals surface area contributed by atoms with Gasteiger partial charge in [0.2, 0.25) is 0 Å². The second-order valence-corrected chi connectivity index (χ2v) is 6.54. The Kier molecular flexibility index (Phi) is 4.77. The summed E-state index contributed by atoms with van der Waals surface area (Å²) >= 11 is 6.30. The van der Waals surface area contributed by atoms with Gasteiger partial charge in [-0.25, -0.2) is 0 Å². The first-order valence-electron chi connectivity index (χ1n) is 7.73. The molecule has 0 amide bonds. The van der Waals surface area contributed by atoms with Crippen LogP contribution in [-0.4, -0.2) is 18.5 Å². The van der Waals surface area contributed by atoms with Crippen molar-refractivity contribution in [2.75, 3.05) is 13.6 Å². The average Bonchev–Trinajstić information content (AvgIpc) is 2.90. The van der Waals surface area contributed by atoms with Crippen LogP contribution in [0.15, 0.2) is 46.9 Å². The molecule has 3 aromatic rings. The molecule has 0 bridgehead atoms. The molecule has 0 saturated heterocycles. The van der Waals surface area contributed by atoms with Crippen LogP contribution in [0.25, 0.3) is 10.8 Å². The molecule has 1 aromatic heterocycles. The number of furan rings is 1. The lowest BCUT2D eigenvalue weighted by atomic mass is 10.0. The van der Waals surface area contributed by atoms with Gasteiger partial charge in [0.15, 0.2) is 0 Å². The summed E-state index contributed by atoms with van der Waals surface area (Å²) < 4.78 is 12.2. The Morgan fingerprint density at radius 3 is 2.71 bits per heavy atom. The van der Waals surface area contributed by atoms with Crippen molar-refractivity contribution in [1.82, 2.24) is 4.90 Å². The van der Waals surface area contributed by atoms with Crippen LogP contribution in [-0.2, 0) is 6.54 Å². The summed E-state index contributed by atoms with van der Waals surface area (Å²) in [7, 11) is 2.08. The minimum atomic E-state index is -0.0363. The molecular formula is C19H19Cl2NO2. The molecule has 2 aromatic carbocycles. The van der Waals surface area contributed by atoms with Crippen LogP contribution in [0.5, 0.6) is 5.75 Å². The first kappa shape index (κ1) is 17.2. The number of halogens is 2. The third-order valence-electron chi connectivity index (χ3n) is 4.30. The normalized spacial score (nSPS) is 17.4. The minimum absolute atomic E-state index is 0. The van der Waals surface area contributed by atoms with Crippen LogP contribution in [0.4, 0.5) is 0 Å². The number of ether oxygens (including phenoxy) is 1. The summed E-state index contributed by atoms with van der Waals surface area (Å²) in [4.78, 5) is 2.22. The number of nitrogens with zero attached hydrogens (tertiary/aromatic N) is 1. The number of aryl methyl sites for hydroxylation is 1. The maximum atomic E-state index is 6.37. The van der Waals surface area contributed by atoms with Gasteiger partial charge in [-0.05, 0) is 32.2 Å². The smallest absolute Gasteiger partial charge is 0.140 e. The van der Waals surface area contributed by atoms with Crippen molar-refractivity contribution >= 4 is 34.8 Å². The summed E-state index contributed by atoms with van der Waals surface area (Å²) in [6, 6.07) is 14.0. The molecule has 5 heteroatoms. The molecule has 4 rings (SSSR count). The van der Waals surface area contributed by atoms with Gasteiger partial charge in [0.25, 0.3) is 0 Å². The quantitative estimate of drug-likeness (QED) is 0.610. The summed E-state index contributed by atoms with van der Waals surface area (Å²) in [6.45, 7) is 3.64. The van der Waals surface area contributed by atoms with Crippen molar-refractivity contribution in [1.29, 1.82) is 0 Å². The third kappa shape index (κ3) is 3.00. The molecule has 2 heterocycles. The zero-order chi connectivity index (χ0) is 16.0. The Labute approximate surface area is 152 Å². The standard InChI is InChI=1S/C19H18ClNO2.ClH/c1-12-9-15-18(22-12)10-21(2)11-19(15)23-17-8-7-16(20)13-5-3-4-6-14(13)17;/h3-9,19H,10-11H2,1-2H3;1H. The van der Waals surface area contributed by atoms with Gasteiger partial charge >= 0.3 is 0 Å². The van der Waals surface area contributed by atoms with Crippen molar-refractivity contribution in [3.63, 3.8) is 0 Å². The van der Waals surface area contributed by atoms with Gasteiger partial charge in [-0.15, -0.1) is 12.4 Å². The lowest BCUT2D eigenvalue weighted by Gasteiger charge is -2.29. The van der Waals surface area contributed by atoms with Crippen molar-refractivity contribution in [3.05, 3.63) is 64.6 Å². The molecule has 1 unspecified atom stereocenters. The molecule has 0 saturated carbocycles. The molecule has 1 aliphatic rings. The van der Waals surface area contributed by atoms with E-state index in [2.05, 4.69) is 18.0 Å². The van der Waals surface area contributed by atoms with E-state index >= 15 is 0 Å². The fourth-order valence-corrected chi connectivity index (χ4v) is 3.49. The molecular weight excluding hydrogens is 345 g/mol. The predicted octanol–water partition coefficient (Wildman–Crippen LogP) is 5.38. The number of hydrogen-bond acceptors (Lipinski definition) is 3. The van der Waals surface area contributed by atoms with E-state index in [1.807, 2.05) is 43.3 Å². The average molecular weight is 364 g/mol. The number of likely N-dealkylation sites (N-methyl/N-ethyl adjacent to an activating group) is 1. The van der Waals surface area contributed by atoms with Crippen molar-refractivity contribution < 1.29 is 9.15 Å². The number of fused-ring (bicyclic) bond motifs is 2. The molecule has 126 valence electrons. The zero-order valence-electron chi connectivity index (χ0n) is 13.6. The zero-order valence-corrected chi connectivity index (χ0v) is 15.2. The Bertz CT molecular complexity index is 875. The van der Waals surface area contributed by atoms with E-state index in [4.69, 9.17) is 20.8 Å². The van der Waals surface area contributed by atoms with Crippen molar-refractivity contribution in [3.8, 4) is 5.75 Å². The fraction of sp³-hybridized carbons (Fsp3) is 0.263. The summed E-state index contributed by atoms with van der Waals surface area (Å²) in [5.41, 5.74) is 1.15. The Morgan fingerprint density at radius 2 is 1.92 bits per heavy atom. The summed E-state index contributed by atoms with van der Waals surface area (Å²) in [5.74, 6) is 2.79. The highest BCUT2D eigenvalue weighted by molar-refractivity contribution is 6.35. The lowest BCUT2D eigenvalue weighted by Crippen LogP contribution is -2.32. The van der Waals surface area contributed by atoms with Crippen molar-refractivity contribution in [2.24, 2.45) is 0 Å². The van der Waals surface area contributed by atoms with Gasteiger partial charge in [-0.3, -0.25) is 4.90 Å². The first-order valence-corrected chi connectivity index (χ1v) is 8.11. The van der Waals surface area contributed by atoms with E-state index in [0.29, 0.717) is 0 Å². The fourth-order valence-electron chi connectivity index (χ4n) is 3.26. The summed E-state index contributed by atoms with van der Waals surface area (Å²) in [6.07, 6.45) is -0.0363. The molecule has 0 spiro atoms. The maximum Gasteiger partial charge on any atom is 0.140 e. The lowest BCUT2D eigenvalue weighted by molar-refractivity contribution is 0.121. The van der Waals surface area contributed by atoms with Crippen molar-refractivity contribution in [2.45, 2.75) is 19.6 Å². The molecule has 0 fully saturated rings. The van der Waals surface area contributed by atoms with Gasteiger partial charge in [0, 0.05) is 27.9 Å². The summed E-state index contributed by atoms with van der Waals surface area (Å²) in [5, 5.41) is 2.79. The van der Waals surface area contributed by atoms with Crippen LogP contribution >= 0.6 is 24.0 Å². The third-order valence-corrected chi connectivity index (χ3v) is 4.63. The minimum Gasteiger partial charge on any atom is -0.484 e. The Hall–Kier alpha value is -1.68. The number of rotatable bonds is 2. The van der Waals surface area contributed by atoms with Gasteiger partial charge in [0.05, 0.1) is 6.54 Å². The largest absolute Gasteiger partial charge is 0.484 e. The second kappa shape index (κ2) is 6.67. The topological polar surface area (TPSA) is 25.6 Å². The van der Waals surface area contributed by atoms with Gasteiger partial charge in [0.1, 0.15) is 23.4 Å². The van der Waals surface area contributed by atoms with Gasteiger partial charge in [-0.2, -0.15) is 0 Å². The van der Waals surface area contributed by atoms with Crippen LogP contribution in [0.1, 0.15) is 23.2 Å². The predicted molar refractivity (Wildman–Crippen MR) is 99.4 cm³/mol. The maximum absolute atomic E-state index is 6.37. The molecule has 3 nitrogen and oxygen atoms in total. The van der Waals surface area contributed by atoms with Crippen LogP contribution in [0.3, 0.4) is 0 Å². The second-order valence-electron chi connectivity index (χ2n) is 6.13. The van der Waals surface area contributed by atoms with Crippen LogP contribution < -0.4 is 4.74 Å². The highest BCUT2D eigenvalue weighted by Gasteiger charge is 2.28. The molecule has 0 N–H and O–H groups in total. The van der Waals surface area contributed by atoms with E-state index < -0.39 is 0 Å². The van der Waals surface area contributed by atoms with E-state index in [1.165, 1.54) is 0 Å². The Balaban J connectivity index is 0.00000169. The van der Waals surface area contributed by atoms with Crippen LogP contribution in [0.2, 0.25) is 5.02 Å². The monoisotopic (exact) mass is 363 g/mol. The SMILES string of the molecule is Cc1cc2c(o1)CN(C)CC2Oc1ccc(Cl)c2ccccc12.Cl. The molecule has 24 heavy (non-hydrogen) atoms. The van der Waals surface area contributed by atoms with Gasteiger partial charge < -0.3 is 9.15 Å². The molecule has 1 atom stereocenters. The van der Waals surface area contributed by atoms with E-state index in [9.17, 15) is 0 Å². The van der Waals surface area contributed by atoms with Crippen LogP contribution in [0, 0.1) is 6.92 Å². The molecule has 0 aliphatic carbocycles. The molecule has 0 radical (unpaired) electrons.